The lowest BCUT2D eigenvalue weighted by Gasteiger charge is -2.38. The normalized spacial score (nSPS) is 18.0. The van der Waals surface area contributed by atoms with Gasteiger partial charge >= 0.3 is 0 Å². The summed E-state index contributed by atoms with van der Waals surface area (Å²) in [6.07, 6.45) is 6.69. The van der Waals surface area contributed by atoms with Gasteiger partial charge in [0, 0.05) is 23.6 Å². The first kappa shape index (κ1) is 19.2. The van der Waals surface area contributed by atoms with Crippen molar-refractivity contribution in [3.8, 4) is 11.5 Å². The van der Waals surface area contributed by atoms with Crippen molar-refractivity contribution < 1.29 is 14.9 Å². The van der Waals surface area contributed by atoms with Crippen LogP contribution in [-0.2, 0) is 12.8 Å². The first-order valence-corrected chi connectivity index (χ1v) is 9.39. The van der Waals surface area contributed by atoms with E-state index in [0.29, 0.717) is 18.6 Å². The lowest BCUT2D eigenvalue weighted by molar-refractivity contribution is -0.0413. The van der Waals surface area contributed by atoms with Crippen LogP contribution in [0.4, 0.5) is 0 Å². The molecule has 0 radical (unpaired) electrons. The van der Waals surface area contributed by atoms with E-state index in [0.717, 1.165) is 22.3 Å². The predicted octanol–water partition coefficient (Wildman–Crippen LogP) is 5.15. The predicted molar refractivity (Wildman–Crippen MR) is 111 cm³/mol. The van der Waals surface area contributed by atoms with Gasteiger partial charge in [-0.2, -0.15) is 0 Å². The molecular weight excluding hydrogens is 336 g/mol. The van der Waals surface area contributed by atoms with Crippen molar-refractivity contribution in [1.29, 1.82) is 0 Å². The van der Waals surface area contributed by atoms with Crippen molar-refractivity contribution in [3.63, 3.8) is 0 Å². The Bertz CT molecular complexity index is 872. The Morgan fingerprint density at radius 2 is 1.89 bits per heavy atom. The van der Waals surface area contributed by atoms with Gasteiger partial charge in [0.25, 0.3) is 0 Å². The van der Waals surface area contributed by atoms with Crippen LogP contribution in [-0.4, -0.2) is 21.9 Å². The minimum absolute atomic E-state index is 0.228. The molecule has 0 saturated carbocycles. The molecule has 1 aliphatic rings. The molecule has 0 saturated heterocycles. The molecule has 3 heteroatoms. The molecule has 1 aliphatic heterocycles. The second kappa shape index (κ2) is 7.61. The fraction of sp³-hybridized carbons (Fsp3) is 0.333. The number of aliphatic hydroxyl groups is 1. The number of benzene rings is 2. The summed E-state index contributed by atoms with van der Waals surface area (Å²) < 4.78 is 6.03. The monoisotopic (exact) mass is 364 g/mol. The molecule has 0 amide bonds. The number of phenolic OH excluding ortho intramolecular Hbond substituents is 1. The van der Waals surface area contributed by atoms with Crippen LogP contribution in [0.15, 0.2) is 48.0 Å². The summed E-state index contributed by atoms with van der Waals surface area (Å²) in [6, 6.07) is 11.7. The van der Waals surface area contributed by atoms with Gasteiger partial charge in [-0.1, -0.05) is 54.1 Å². The van der Waals surface area contributed by atoms with Crippen molar-refractivity contribution in [1.82, 2.24) is 0 Å². The van der Waals surface area contributed by atoms with E-state index in [-0.39, 0.29) is 5.75 Å². The number of allylic oxidation sites excluding steroid dienone is 2. The molecule has 3 rings (SSSR count). The van der Waals surface area contributed by atoms with Gasteiger partial charge in [-0.3, -0.25) is 0 Å². The van der Waals surface area contributed by atoms with Gasteiger partial charge in [0.1, 0.15) is 17.1 Å². The van der Waals surface area contributed by atoms with Crippen LogP contribution in [0.5, 0.6) is 11.5 Å². The lowest BCUT2D eigenvalue weighted by atomic mass is 9.85. The number of rotatable bonds is 4. The SMILES string of the molecule is CC(C)=CCc1c(O)cc2c(c1/C=C/c1ccccc1)C[C@H](O)C(C)(C)O2. The molecule has 1 atom stereocenters. The zero-order valence-corrected chi connectivity index (χ0v) is 16.5. The van der Waals surface area contributed by atoms with E-state index in [1.807, 2.05) is 70.2 Å². The topological polar surface area (TPSA) is 49.7 Å². The summed E-state index contributed by atoms with van der Waals surface area (Å²) in [5.74, 6) is 0.877. The first-order valence-electron chi connectivity index (χ1n) is 9.39. The fourth-order valence-electron chi connectivity index (χ4n) is 3.31. The molecule has 0 fully saturated rings. The average Bonchev–Trinajstić information content (AvgIpc) is 2.60. The van der Waals surface area contributed by atoms with E-state index in [9.17, 15) is 10.2 Å². The molecule has 2 aromatic rings. The highest BCUT2D eigenvalue weighted by Crippen LogP contribution is 2.41. The maximum Gasteiger partial charge on any atom is 0.129 e. The Hall–Kier alpha value is -2.52. The number of aliphatic hydroxyl groups excluding tert-OH is 1. The Kier molecular flexibility index (Phi) is 5.43. The number of phenols is 1. The van der Waals surface area contributed by atoms with Crippen molar-refractivity contribution in [3.05, 3.63) is 70.3 Å². The van der Waals surface area contributed by atoms with E-state index < -0.39 is 11.7 Å². The van der Waals surface area contributed by atoms with Gasteiger partial charge in [-0.25, -0.2) is 0 Å². The lowest BCUT2D eigenvalue weighted by Crippen LogP contribution is -2.46. The standard InChI is InChI=1S/C24H28O3/c1-16(2)10-12-19-18(13-11-17-8-6-5-7-9-17)20-14-23(26)24(3,4)27-22(20)15-21(19)25/h5-11,13,15,23,25-26H,12,14H2,1-4H3/b13-11+/t23-/m0/s1. The molecule has 1 heterocycles. The van der Waals surface area contributed by atoms with Crippen LogP contribution in [0.25, 0.3) is 12.2 Å². The summed E-state index contributed by atoms with van der Waals surface area (Å²) in [7, 11) is 0. The maximum absolute atomic E-state index is 10.7. The molecule has 0 bridgehead atoms. The van der Waals surface area contributed by atoms with E-state index in [1.165, 1.54) is 5.57 Å². The summed E-state index contributed by atoms with van der Waals surface area (Å²) in [4.78, 5) is 0. The third-order valence-electron chi connectivity index (χ3n) is 5.05. The van der Waals surface area contributed by atoms with Crippen LogP contribution in [0.2, 0.25) is 0 Å². The molecule has 2 aromatic carbocycles. The minimum Gasteiger partial charge on any atom is -0.507 e. The number of hydrogen-bond donors (Lipinski definition) is 2. The quantitative estimate of drug-likeness (QED) is 0.583. The smallest absolute Gasteiger partial charge is 0.129 e. The maximum atomic E-state index is 10.7. The van der Waals surface area contributed by atoms with Crippen molar-refractivity contribution >= 4 is 12.2 Å². The zero-order valence-electron chi connectivity index (χ0n) is 16.5. The number of ether oxygens (including phenoxy) is 1. The summed E-state index contributed by atoms with van der Waals surface area (Å²) >= 11 is 0. The molecule has 142 valence electrons. The van der Waals surface area contributed by atoms with Crippen molar-refractivity contribution in [2.45, 2.75) is 52.2 Å². The molecular formula is C24H28O3. The molecule has 0 unspecified atom stereocenters. The Labute approximate surface area is 161 Å². The number of aromatic hydroxyl groups is 1. The molecule has 0 aromatic heterocycles. The second-order valence-corrected chi connectivity index (χ2v) is 7.92. The van der Waals surface area contributed by atoms with E-state index in [2.05, 4.69) is 6.08 Å². The third kappa shape index (κ3) is 4.25. The van der Waals surface area contributed by atoms with Gasteiger partial charge in [0.15, 0.2) is 0 Å². The van der Waals surface area contributed by atoms with Crippen LogP contribution in [0, 0.1) is 0 Å². The third-order valence-corrected chi connectivity index (χ3v) is 5.05. The Morgan fingerprint density at radius 1 is 1.19 bits per heavy atom. The molecule has 2 N–H and O–H groups in total. The van der Waals surface area contributed by atoms with E-state index in [1.54, 1.807) is 6.07 Å². The van der Waals surface area contributed by atoms with Crippen LogP contribution in [0.3, 0.4) is 0 Å². The molecule has 3 nitrogen and oxygen atoms in total. The summed E-state index contributed by atoms with van der Waals surface area (Å²) in [5, 5.41) is 21.2. The van der Waals surface area contributed by atoms with Gasteiger partial charge in [0.2, 0.25) is 0 Å². The van der Waals surface area contributed by atoms with Crippen LogP contribution >= 0.6 is 0 Å². The average molecular weight is 364 g/mol. The molecule has 0 aliphatic carbocycles. The van der Waals surface area contributed by atoms with E-state index >= 15 is 0 Å². The highest BCUT2D eigenvalue weighted by molar-refractivity contribution is 5.76. The fourth-order valence-corrected chi connectivity index (χ4v) is 3.31. The second-order valence-electron chi connectivity index (χ2n) is 7.92. The zero-order chi connectivity index (χ0) is 19.6. The number of hydrogen-bond acceptors (Lipinski definition) is 3. The van der Waals surface area contributed by atoms with Crippen LogP contribution < -0.4 is 4.74 Å². The number of fused-ring (bicyclic) bond motifs is 1. The highest BCUT2D eigenvalue weighted by atomic mass is 16.5. The van der Waals surface area contributed by atoms with Gasteiger partial charge < -0.3 is 14.9 Å². The molecule has 0 spiro atoms. The minimum atomic E-state index is -0.679. The largest absolute Gasteiger partial charge is 0.507 e. The van der Waals surface area contributed by atoms with Gasteiger partial charge in [-0.15, -0.1) is 0 Å². The molecule has 27 heavy (non-hydrogen) atoms. The summed E-state index contributed by atoms with van der Waals surface area (Å²) in [6.45, 7) is 7.83. The van der Waals surface area contributed by atoms with Crippen molar-refractivity contribution in [2.24, 2.45) is 0 Å². The Morgan fingerprint density at radius 3 is 2.56 bits per heavy atom. The Balaban J connectivity index is 2.13. The van der Waals surface area contributed by atoms with Crippen LogP contribution in [0.1, 0.15) is 49.9 Å². The first-order chi connectivity index (χ1) is 12.8. The van der Waals surface area contributed by atoms with Gasteiger partial charge in [0.05, 0.1) is 6.10 Å². The van der Waals surface area contributed by atoms with Gasteiger partial charge in [-0.05, 0) is 45.2 Å². The summed E-state index contributed by atoms with van der Waals surface area (Å²) in [5.41, 5.74) is 4.34. The highest BCUT2D eigenvalue weighted by Gasteiger charge is 2.37. The van der Waals surface area contributed by atoms with Crippen molar-refractivity contribution in [2.75, 3.05) is 0 Å². The van der Waals surface area contributed by atoms with E-state index in [4.69, 9.17) is 4.74 Å².